The summed E-state index contributed by atoms with van der Waals surface area (Å²) in [4.78, 5) is 29.4. The molecule has 0 aliphatic heterocycles. The number of carbonyl (C=O) groups is 1. The highest BCUT2D eigenvalue weighted by Gasteiger charge is 2.19. The number of aliphatic hydroxyl groups is 1. The molecule has 5 heteroatoms. The summed E-state index contributed by atoms with van der Waals surface area (Å²) < 4.78 is 0. The number of amides is 1. The van der Waals surface area contributed by atoms with Gasteiger partial charge in [0, 0.05) is 17.7 Å². The third-order valence-electron chi connectivity index (χ3n) is 3.98. The average molecular weight is 322 g/mol. The molecule has 0 bridgehead atoms. The molecule has 0 radical (unpaired) electrons. The predicted octanol–water partition coefficient (Wildman–Crippen LogP) is 2.69. The second kappa shape index (κ2) is 6.68. The van der Waals surface area contributed by atoms with Crippen LogP contribution in [-0.2, 0) is 6.61 Å². The van der Waals surface area contributed by atoms with Gasteiger partial charge in [-0.2, -0.15) is 0 Å². The highest BCUT2D eigenvalue weighted by Crippen LogP contribution is 2.18. The molecule has 0 atom stereocenters. The first-order chi connectivity index (χ1) is 11.6. The van der Waals surface area contributed by atoms with Crippen molar-refractivity contribution in [3.63, 3.8) is 0 Å². The molecule has 1 amide bonds. The summed E-state index contributed by atoms with van der Waals surface area (Å²) in [5.41, 5.74) is 1.87. The van der Waals surface area contributed by atoms with E-state index in [1.807, 2.05) is 25.1 Å². The summed E-state index contributed by atoms with van der Waals surface area (Å²) in [6.07, 6.45) is 0. The highest BCUT2D eigenvalue weighted by atomic mass is 16.3. The summed E-state index contributed by atoms with van der Waals surface area (Å²) in [5.74, 6) is -0.346. The van der Waals surface area contributed by atoms with Gasteiger partial charge in [-0.1, -0.05) is 30.3 Å². The molecule has 0 unspecified atom stereocenters. The molecule has 0 spiro atoms. The zero-order chi connectivity index (χ0) is 17.1. The van der Waals surface area contributed by atoms with Crippen LogP contribution in [0.1, 0.15) is 22.8 Å². The van der Waals surface area contributed by atoms with Crippen LogP contribution >= 0.6 is 0 Å². The normalized spacial score (nSPS) is 10.8. The number of aromatic amines is 1. The van der Waals surface area contributed by atoms with Crippen molar-refractivity contribution in [1.82, 2.24) is 4.98 Å². The van der Waals surface area contributed by atoms with Gasteiger partial charge in [-0.05, 0) is 42.1 Å². The van der Waals surface area contributed by atoms with Crippen LogP contribution < -0.4 is 10.5 Å². The zero-order valence-corrected chi connectivity index (χ0v) is 13.3. The van der Waals surface area contributed by atoms with Crippen LogP contribution in [0, 0.1) is 0 Å². The summed E-state index contributed by atoms with van der Waals surface area (Å²) >= 11 is 0. The number of benzene rings is 2. The maximum absolute atomic E-state index is 12.9. The summed E-state index contributed by atoms with van der Waals surface area (Å²) in [5, 5.41) is 9.93. The Balaban J connectivity index is 2.02. The van der Waals surface area contributed by atoms with Crippen molar-refractivity contribution in [1.29, 1.82) is 0 Å². The fourth-order valence-corrected chi connectivity index (χ4v) is 2.68. The number of pyridine rings is 1. The van der Waals surface area contributed by atoms with Gasteiger partial charge in [0.15, 0.2) is 0 Å². The molecule has 24 heavy (non-hydrogen) atoms. The number of hydrogen-bond acceptors (Lipinski definition) is 3. The van der Waals surface area contributed by atoms with Crippen LogP contribution in [0.4, 0.5) is 5.69 Å². The molecule has 2 N–H and O–H groups in total. The second-order valence-corrected chi connectivity index (χ2v) is 5.47. The molecule has 122 valence electrons. The standard InChI is InChI=1S/C19H18N2O3/c1-2-21(15-9-7-13(12-22)8-10-15)19(24)16-11-14-5-3-4-6-17(14)20-18(16)23/h3-11,22H,2,12H2,1H3,(H,20,23). The topological polar surface area (TPSA) is 73.4 Å². The van der Waals surface area contributed by atoms with E-state index in [0.717, 1.165) is 10.9 Å². The van der Waals surface area contributed by atoms with Crippen molar-refractivity contribution in [2.75, 3.05) is 11.4 Å². The zero-order valence-electron chi connectivity index (χ0n) is 13.3. The molecule has 0 saturated carbocycles. The molecule has 0 aliphatic rings. The Kier molecular flexibility index (Phi) is 4.44. The number of H-pyrrole nitrogens is 1. The maximum atomic E-state index is 12.9. The van der Waals surface area contributed by atoms with Crippen LogP contribution in [0.3, 0.4) is 0 Å². The highest BCUT2D eigenvalue weighted by molar-refractivity contribution is 6.07. The van der Waals surface area contributed by atoms with Crippen LogP contribution in [0.25, 0.3) is 10.9 Å². The van der Waals surface area contributed by atoms with Crippen LogP contribution in [0.5, 0.6) is 0 Å². The van der Waals surface area contributed by atoms with Gasteiger partial charge in [0.2, 0.25) is 0 Å². The van der Waals surface area contributed by atoms with E-state index in [1.165, 1.54) is 0 Å². The Hall–Kier alpha value is -2.92. The minimum atomic E-state index is -0.399. The van der Waals surface area contributed by atoms with Crippen molar-refractivity contribution in [3.05, 3.63) is 76.1 Å². The number of para-hydroxylation sites is 1. The Bertz CT molecular complexity index is 929. The fourth-order valence-electron chi connectivity index (χ4n) is 2.68. The van der Waals surface area contributed by atoms with Gasteiger partial charge in [0.1, 0.15) is 5.56 Å². The van der Waals surface area contributed by atoms with E-state index in [-0.39, 0.29) is 18.1 Å². The van der Waals surface area contributed by atoms with Gasteiger partial charge < -0.3 is 15.0 Å². The molecule has 0 saturated heterocycles. The summed E-state index contributed by atoms with van der Waals surface area (Å²) in [7, 11) is 0. The van der Waals surface area contributed by atoms with E-state index in [4.69, 9.17) is 5.11 Å². The number of aromatic nitrogens is 1. The van der Waals surface area contributed by atoms with Gasteiger partial charge in [0.05, 0.1) is 6.61 Å². The molecule has 0 fully saturated rings. The maximum Gasteiger partial charge on any atom is 0.263 e. The number of nitrogens with zero attached hydrogens (tertiary/aromatic N) is 1. The largest absolute Gasteiger partial charge is 0.392 e. The molecule has 3 aromatic rings. The lowest BCUT2D eigenvalue weighted by molar-refractivity contribution is 0.0987. The SMILES string of the molecule is CCN(C(=O)c1cc2ccccc2[nH]c1=O)c1ccc(CO)cc1. The molecular weight excluding hydrogens is 304 g/mol. The molecule has 5 nitrogen and oxygen atoms in total. The Morgan fingerprint density at radius 2 is 1.83 bits per heavy atom. The summed E-state index contributed by atoms with van der Waals surface area (Å²) in [6, 6.07) is 16.0. The van der Waals surface area contributed by atoms with Crippen LogP contribution in [0.2, 0.25) is 0 Å². The Morgan fingerprint density at radius 1 is 1.12 bits per heavy atom. The van der Waals surface area contributed by atoms with Crippen molar-refractivity contribution in [2.45, 2.75) is 13.5 Å². The van der Waals surface area contributed by atoms with E-state index in [9.17, 15) is 9.59 Å². The van der Waals surface area contributed by atoms with E-state index in [0.29, 0.717) is 17.7 Å². The quantitative estimate of drug-likeness (QED) is 0.775. The minimum absolute atomic E-state index is 0.0509. The second-order valence-electron chi connectivity index (χ2n) is 5.47. The number of hydrogen-bond donors (Lipinski definition) is 2. The Labute approximate surface area is 139 Å². The molecular formula is C19H18N2O3. The molecule has 1 aromatic heterocycles. The number of carbonyl (C=O) groups excluding carboxylic acids is 1. The van der Waals surface area contributed by atoms with Gasteiger partial charge >= 0.3 is 0 Å². The first-order valence-electron chi connectivity index (χ1n) is 7.77. The smallest absolute Gasteiger partial charge is 0.263 e. The number of anilines is 1. The lowest BCUT2D eigenvalue weighted by Gasteiger charge is -2.21. The summed E-state index contributed by atoms with van der Waals surface area (Å²) in [6.45, 7) is 2.24. The number of fused-ring (bicyclic) bond motifs is 1. The van der Waals surface area contributed by atoms with Gasteiger partial charge in [-0.3, -0.25) is 9.59 Å². The first kappa shape index (κ1) is 16.0. The van der Waals surface area contributed by atoms with Crippen molar-refractivity contribution in [2.24, 2.45) is 0 Å². The predicted molar refractivity (Wildman–Crippen MR) is 94.3 cm³/mol. The fraction of sp³-hybridized carbons (Fsp3) is 0.158. The van der Waals surface area contributed by atoms with Crippen LogP contribution in [-0.4, -0.2) is 22.5 Å². The third kappa shape index (κ3) is 2.94. The monoisotopic (exact) mass is 322 g/mol. The van der Waals surface area contributed by atoms with E-state index in [1.54, 1.807) is 41.3 Å². The van der Waals surface area contributed by atoms with Gasteiger partial charge in [0.25, 0.3) is 11.5 Å². The lowest BCUT2D eigenvalue weighted by Crippen LogP contribution is -2.34. The molecule has 3 rings (SSSR count). The lowest BCUT2D eigenvalue weighted by atomic mass is 10.1. The van der Waals surface area contributed by atoms with Gasteiger partial charge in [-0.25, -0.2) is 0 Å². The van der Waals surface area contributed by atoms with E-state index < -0.39 is 5.56 Å². The first-order valence-corrected chi connectivity index (χ1v) is 7.77. The minimum Gasteiger partial charge on any atom is -0.392 e. The Morgan fingerprint density at radius 3 is 2.50 bits per heavy atom. The average Bonchev–Trinajstić information content (AvgIpc) is 2.62. The van der Waals surface area contributed by atoms with Crippen molar-refractivity contribution in [3.8, 4) is 0 Å². The molecule has 1 heterocycles. The number of rotatable bonds is 4. The number of aliphatic hydroxyl groups excluding tert-OH is 1. The van der Waals surface area contributed by atoms with E-state index in [2.05, 4.69) is 4.98 Å². The molecule has 0 aliphatic carbocycles. The molecule has 2 aromatic carbocycles. The third-order valence-corrected chi connectivity index (χ3v) is 3.98. The van der Waals surface area contributed by atoms with Gasteiger partial charge in [-0.15, -0.1) is 0 Å². The van der Waals surface area contributed by atoms with Crippen molar-refractivity contribution >= 4 is 22.5 Å². The van der Waals surface area contributed by atoms with Crippen LogP contribution in [0.15, 0.2) is 59.4 Å². The van der Waals surface area contributed by atoms with E-state index >= 15 is 0 Å². The number of nitrogens with one attached hydrogen (secondary N) is 1. The van der Waals surface area contributed by atoms with Crippen molar-refractivity contribution < 1.29 is 9.90 Å².